The van der Waals surface area contributed by atoms with Crippen molar-refractivity contribution in [1.29, 1.82) is 0 Å². The van der Waals surface area contributed by atoms with E-state index in [0.717, 1.165) is 0 Å². The molecule has 1 heterocycles. The van der Waals surface area contributed by atoms with Crippen molar-refractivity contribution < 1.29 is 19.4 Å². The zero-order valence-corrected chi connectivity index (χ0v) is 9.34. The Morgan fingerprint density at radius 2 is 2.00 bits per heavy atom. The molecular weight excluding hydrogens is 220 g/mol. The molecule has 0 radical (unpaired) electrons. The number of aromatic hydroxyl groups is 1. The van der Waals surface area contributed by atoms with E-state index >= 15 is 0 Å². The summed E-state index contributed by atoms with van der Waals surface area (Å²) in [6, 6.07) is 2.87. The third-order valence-corrected chi connectivity index (χ3v) is 2.31. The van der Waals surface area contributed by atoms with E-state index < -0.39 is 0 Å². The summed E-state index contributed by atoms with van der Waals surface area (Å²) in [7, 11) is 0. The number of phenolic OH excluding ortho intramolecular Hbond substituents is 1. The molecule has 0 amide bonds. The molecule has 0 atom stereocenters. The standard InChI is InChI=1S/C13H12O4/c1-2-3-4-5-10(14)9-6-12-13(7-11(9)15)17-8-16-12/h2-7,15H,8H2,1H3/b3-2+,5-4+. The van der Waals surface area contributed by atoms with Crippen molar-refractivity contribution in [1.82, 2.24) is 0 Å². The number of hydrogen-bond donors (Lipinski definition) is 1. The molecule has 1 aromatic carbocycles. The highest BCUT2D eigenvalue weighted by atomic mass is 16.7. The Morgan fingerprint density at radius 3 is 2.71 bits per heavy atom. The Morgan fingerprint density at radius 1 is 1.29 bits per heavy atom. The molecule has 0 saturated heterocycles. The van der Waals surface area contributed by atoms with Gasteiger partial charge in [-0.05, 0) is 19.1 Å². The molecule has 4 heteroatoms. The number of carbonyl (C=O) groups is 1. The van der Waals surface area contributed by atoms with Crippen molar-refractivity contribution in [3.05, 3.63) is 42.0 Å². The van der Waals surface area contributed by atoms with E-state index in [-0.39, 0.29) is 23.9 Å². The van der Waals surface area contributed by atoms with Crippen molar-refractivity contribution in [2.75, 3.05) is 6.79 Å². The van der Waals surface area contributed by atoms with Gasteiger partial charge < -0.3 is 14.6 Å². The molecule has 0 unspecified atom stereocenters. The summed E-state index contributed by atoms with van der Waals surface area (Å²) in [5.41, 5.74) is 0.204. The van der Waals surface area contributed by atoms with Crippen LogP contribution in [-0.4, -0.2) is 17.7 Å². The molecule has 0 bridgehead atoms. The van der Waals surface area contributed by atoms with Gasteiger partial charge in [0, 0.05) is 6.07 Å². The average molecular weight is 232 g/mol. The Labute approximate surface area is 98.8 Å². The molecule has 88 valence electrons. The SMILES string of the molecule is C/C=C/C=C/C(=O)c1cc2c(cc1O)OCO2. The fraction of sp³-hybridized carbons (Fsp3) is 0.154. The third-order valence-electron chi connectivity index (χ3n) is 2.31. The van der Waals surface area contributed by atoms with Gasteiger partial charge in [0.1, 0.15) is 5.75 Å². The number of ether oxygens (including phenoxy) is 2. The van der Waals surface area contributed by atoms with E-state index in [9.17, 15) is 9.90 Å². The van der Waals surface area contributed by atoms with Gasteiger partial charge >= 0.3 is 0 Å². The minimum absolute atomic E-state index is 0.107. The predicted octanol–water partition coefficient (Wildman–Crippen LogP) is 2.44. The van der Waals surface area contributed by atoms with Crippen LogP contribution in [0.2, 0.25) is 0 Å². The molecule has 1 aliphatic rings. The van der Waals surface area contributed by atoms with E-state index in [1.807, 2.05) is 13.0 Å². The lowest BCUT2D eigenvalue weighted by Gasteiger charge is -2.02. The number of fused-ring (bicyclic) bond motifs is 1. The molecule has 0 saturated carbocycles. The van der Waals surface area contributed by atoms with Crippen LogP contribution in [0, 0.1) is 0 Å². The van der Waals surface area contributed by atoms with Crippen LogP contribution in [0.25, 0.3) is 0 Å². The zero-order chi connectivity index (χ0) is 12.3. The van der Waals surface area contributed by atoms with Gasteiger partial charge in [-0.1, -0.05) is 18.2 Å². The van der Waals surface area contributed by atoms with Crippen LogP contribution in [0.15, 0.2) is 36.4 Å². The van der Waals surface area contributed by atoms with Crippen molar-refractivity contribution in [2.45, 2.75) is 6.92 Å². The van der Waals surface area contributed by atoms with Crippen molar-refractivity contribution in [3.63, 3.8) is 0 Å². The van der Waals surface area contributed by atoms with Crippen LogP contribution in [0.1, 0.15) is 17.3 Å². The highest BCUT2D eigenvalue weighted by Crippen LogP contribution is 2.37. The molecule has 0 fully saturated rings. The molecule has 1 aromatic rings. The Bertz CT molecular complexity index is 500. The molecule has 17 heavy (non-hydrogen) atoms. The molecule has 0 spiro atoms. The number of ketones is 1. The molecule has 4 nitrogen and oxygen atoms in total. The smallest absolute Gasteiger partial charge is 0.231 e. The molecular formula is C13H12O4. The fourth-order valence-corrected chi connectivity index (χ4v) is 1.47. The molecule has 0 aromatic heterocycles. The van der Waals surface area contributed by atoms with Gasteiger partial charge in [0.05, 0.1) is 5.56 Å². The van der Waals surface area contributed by atoms with Crippen LogP contribution in [0.5, 0.6) is 17.2 Å². The first kappa shape index (κ1) is 11.3. The predicted molar refractivity (Wildman–Crippen MR) is 62.5 cm³/mol. The van der Waals surface area contributed by atoms with Crippen molar-refractivity contribution >= 4 is 5.78 Å². The van der Waals surface area contributed by atoms with Crippen LogP contribution in [-0.2, 0) is 0 Å². The second-order valence-electron chi connectivity index (χ2n) is 3.47. The Hall–Kier alpha value is -2.23. The van der Waals surface area contributed by atoms with Crippen molar-refractivity contribution in [2.24, 2.45) is 0 Å². The third kappa shape index (κ3) is 2.30. The van der Waals surface area contributed by atoms with Crippen molar-refractivity contribution in [3.8, 4) is 17.2 Å². The van der Waals surface area contributed by atoms with Crippen LogP contribution < -0.4 is 9.47 Å². The number of phenols is 1. The summed E-state index contributed by atoms with van der Waals surface area (Å²) in [5.74, 6) is 0.547. The average Bonchev–Trinajstić information content (AvgIpc) is 2.75. The van der Waals surface area contributed by atoms with Crippen LogP contribution in [0.4, 0.5) is 0 Å². The van der Waals surface area contributed by atoms with Gasteiger partial charge in [-0.3, -0.25) is 4.79 Å². The lowest BCUT2D eigenvalue weighted by atomic mass is 10.1. The van der Waals surface area contributed by atoms with E-state index in [0.29, 0.717) is 11.5 Å². The summed E-state index contributed by atoms with van der Waals surface area (Å²) in [4.78, 5) is 11.8. The first-order valence-corrected chi connectivity index (χ1v) is 5.18. The quantitative estimate of drug-likeness (QED) is 0.494. The Kier molecular flexibility index (Phi) is 3.14. The van der Waals surface area contributed by atoms with E-state index in [1.165, 1.54) is 18.2 Å². The van der Waals surface area contributed by atoms with Gasteiger partial charge in [-0.25, -0.2) is 0 Å². The highest BCUT2D eigenvalue weighted by Gasteiger charge is 2.19. The maximum Gasteiger partial charge on any atom is 0.231 e. The van der Waals surface area contributed by atoms with Gasteiger partial charge in [0.2, 0.25) is 6.79 Å². The number of allylic oxidation sites excluding steroid dienone is 4. The topological polar surface area (TPSA) is 55.8 Å². The number of hydrogen-bond acceptors (Lipinski definition) is 4. The van der Waals surface area contributed by atoms with Gasteiger partial charge in [-0.15, -0.1) is 0 Å². The summed E-state index contributed by atoms with van der Waals surface area (Å²) < 4.78 is 10.2. The second-order valence-corrected chi connectivity index (χ2v) is 3.47. The molecule has 1 N–H and O–H groups in total. The number of carbonyl (C=O) groups excluding carboxylic acids is 1. The summed E-state index contributed by atoms with van der Waals surface area (Å²) in [6.45, 7) is 1.97. The van der Waals surface area contributed by atoms with E-state index in [4.69, 9.17) is 9.47 Å². The lowest BCUT2D eigenvalue weighted by molar-refractivity contribution is 0.104. The van der Waals surface area contributed by atoms with Crippen LogP contribution >= 0.6 is 0 Å². The van der Waals surface area contributed by atoms with Gasteiger partial charge in [0.25, 0.3) is 0 Å². The fourth-order valence-electron chi connectivity index (χ4n) is 1.47. The molecule has 1 aliphatic heterocycles. The largest absolute Gasteiger partial charge is 0.507 e. The number of rotatable bonds is 3. The first-order chi connectivity index (χ1) is 8.22. The Balaban J connectivity index is 2.29. The second kappa shape index (κ2) is 4.74. The minimum Gasteiger partial charge on any atom is -0.507 e. The maximum atomic E-state index is 11.8. The molecule has 2 rings (SSSR count). The monoisotopic (exact) mass is 232 g/mol. The first-order valence-electron chi connectivity index (χ1n) is 5.18. The summed E-state index contributed by atoms with van der Waals surface area (Å²) in [5, 5.41) is 9.69. The van der Waals surface area contributed by atoms with E-state index in [2.05, 4.69) is 0 Å². The normalized spacial score (nSPS) is 13.7. The maximum absolute atomic E-state index is 11.8. The lowest BCUT2D eigenvalue weighted by Crippen LogP contribution is -1.95. The van der Waals surface area contributed by atoms with Gasteiger partial charge in [0.15, 0.2) is 17.3 Å². The van der Waals surface area contributed by atoms with E-state index in [1.54, 1.807) is 12.2 Å². The van der Waals surface area contributed by atoms with Gasteiger partial charge in [-0.2, -0.15) is 0 Å². The summed E-state index contributed by atoms with van der Waals surface area (Å²) >= 11 is 0. The zero-order valence-electron chi connectivity index (χ0n) is 9.34. The molecule has 0 aliphatic carbocycles. The highest BCUT2D eigenvalue weighted by molar-refractivity contribution is 6.07. The minimum atomic E-state index is -0.279. The summed E-state index contributed by atoms with van der Waals surface area (Å²) in [6.07, 6.45) is 6.55. The number of benzene rings is 1. The van der Waals surface area contributed by atoms with Crippen LogP contribution in [0.3, 0.4) is 0 Å².